The second-order valence-corrected chi connectivity index (χ2v) is 9.12. The molecule has 0 aliphatic heterocycles. The topological polar surface area (TPSA) is 65.7 Å². The van der Waals surface area contributed by atoms with E-state index in [1.807, 2.05) is 39.0 Å². The van der Waals surface area contributed by atoms with Gasteiger partial charge in [-0.2, -0.15) is 9.78 Å². The predicted molar refractivity (Wildman–Crippen MR) is 139 cm³/mol. The molecule has 0 bridgehead atoms. The number of fused-ring (bicyclic) bond motifs is 1. The summed E-state index contributed by atoms with van der Waals surface area (Å²) >= 11 is 3.42. The standard InChI is InChI=1S/C27H25BrFN3O3/c1-4-34-25-13-19(7-12-24(25)35-16-18-5-9-21(29)10-6-18)15-30-32-26(17(2)3)31-23-11-8-20(28)14-22(23)27(32)33/h5-15,17H,4,16H2,1-3H3. The fourth-order valence-electron chi connectivity index (χ4n) is 3.51. The molecule has 1 heterocycles. The van der Waals surface area contributed by atoms with Gasteiger partial charge in [0.1, 0.15) is 18.2 Å². The molecule has 180 valence electrons. The van der Waals surface area contributed by atoms with Crippen LogP contribution in [0.3, 0.4) is 0 Å². The van der Waals surface area contributed by atoms with Crippen LogP contribution in [0.1, 0.15) is 43.6 Å². The second kappa shape index (κ2) is 10.8. The van der Waals surface area contributed by atoms with Gasteiger partial charge in [-0.25, -0.2) is 9.37 Å². The lowest BCUT2D eigenvalue weighted by molar-refractivity contribution is 0.269. The molecule has 4 rings (SSSR count). The highest BCUT2D eigenvalue weighted by molar-refractivity contribution is 9.10. The number of hydrogen-bond acceptors (Lipinski definition) is 5. The summed E-state index contributed by atoms with van der Waals surface area (Å²) in [5.74, 6) is 1.39. The zero-order valence-electron chi connectivity index (χ0n) is 19.7. The van der Waals surface area contributed by atoms with Crippen LogP contribution in [0.4, 0.5) is 4.39 Å². The summed E-state index contributed by atoms with van der Waals surface area (Å²) in [6.45, 7) is 6.56. The third kappa shape index (κ3) is 5.77. The largest absolute Gasteiger partial charge is 0.490 e. The lowest BCUT2D eigenvalue weighted by atomic mass is 10.2. The number of hydrogen-bond donors (Lipinski definition) is 0. The van der Waals surface area contributed by atoms with Crippen molar-refractivity contribution in [3.05, 3.63) is 98.3 Å². The number of halogens is 2. The van der Waals surface area contributed by atoms with Gasteiger partial charge in [0, 0.05) is 10.4 Å². The highest BCUT2D eigenvalue weighted by atomic mass is 79.9. The van der Waals surface area contributed by atoms with Gasteiger partial charge in [0.2, 0.25) is 0 Å². The maximum atomic E-state index is 13.2. The van der Waals surface area contributed by atoms with Crippen molar-refractivity contribution < 1.29 is 13.9 Å². The number of nitrogens with zero attached hydrogens (tertiary/aromatic N) is 3. The van der Waals surface area contributed by atoms with Gasteiger partial charge in [-0.1, -0.05) is 41.9 Å². The molecule has 0 saturated carbocycles. The molecule has 0 fully saturated rings. The first-order valence-electron chi connectivity index (χ1n) is 11.3. The maximum Gasteiger partial charge on any atom is 0.282 e. The second-order valence-electron chi connectivity index (χ2n) is 8.20. The van der Waals surface area contributed by atoms with E-state index in [-0.39, 0.29) is 23.9 Å². The first kappa shape index (κ1) is 24.6. The van der Waals surface area contributed by atoms with Gasteiger partial charge in [0.15, 0.2) is 11.5 Å². The third-order valence-corrected chi connectivity index (χ3v) is 5.74. The van der Waals surface area contributed by atoms with Crippen molar-refractivity contribution in [1.29, 1.82) is 0 Å². The quantitative estimate of drug-likeness (QED) is 0.248. The summed E-state index contributed by atoms with van der Waals surface area (Å²) in [6.07, 6.45) is 1.60. The summed E-state index contributed by atoms with van der Waals surface area (Å²) < 4.78 is 27.0. The molecule has 0 unspecified atom stereocenters. The summed E-state index contributed by atoms with van der Waals surface area (Å²) in [5, 5.41) is 4.97. The Bertz CT molecular complexity index is 1430. The van der Waals surface area contributed by atoms with E-state index in [0.717, 1.165) is 15.6 Å². The first-order valence-corrected chi connectivity index (χ1v) is 12.1. The molecular formula is C27H25BrFN3O3. The smallest absolute Gasteiger partial charge is 0.282 e. The summed E-state index contributed by atoms with van der Waals surface area (Å²) in [4.78, 5) is 17.9. The Labute approximate surface area is 211 Å². The fraction of sp³-hybridized carbons (Fsp3) is 0.222. The Balaban J connectivity index is 1.65. The van der Waals surface area contributed by atoms with Crippen LogP contribution in [-0.4, -0.2) is 22.5 Å². The molecule has 3 aromatic carbocycles. The van der Waals surface area contributed by atoms with E-state index in [4.69, 9.17) is 9.47 Å². The SMILES string of the molecule is CCOc1cc(C=Nn2c(C(C)C)nc3ccc(Br)cc3c2=O)ccc1OCc1ccc(F)cc1. The number of ether oxygens (including phenoxy) is 2. The van der Waals surface area contributed by atoms with Crippen LogP contribution in [0, 0.1) is 5.82 Å². The fourth-order valence-corrected chi connectivity index (χ4v) is 3.87. The molecule has 1 aromatic heterocycles. The van der Waals surface area contributed by atoms with Crippen LogP contribution in [-0.2, 0) is 6.61 Å². The monoisotopic (exact) mass is 537 g/mol. The molecule has 0 aliphatic carbocycles. The predicted octanol–water partition coefficient (Wildman–Crippen LogP) is 6.28. The van der Waals surface area contributed by atoms with Crippen molar-refractivity contribution in [2.75, 3.05) is 6.61 Å². The van der Waals surface area contributed by atoms with Crippen molar-refractivity contribution in [1.82, 2.24) is 9.66 Å². The molecular weight excluding hydrogens is 513 g/mol. The van der Waals surface area contributed by atoms with Gasteiger partial charge >= 0.3 is 0 Å². The lowest BCUT2D eigenvalue weighted by Gasteiger charge is -2.13. The molecule has 0 radical (unpaired) electrons. The van der Waals surface area contributed by atoms with E-state index in [1.165, 1.54) is 16.8 Å². The number of rotatable bonds is 8. The highest BCUT2D eigenvalue weighted by Crippen LogP contribution is 2.29. The minimum absolute atomic E-state index is 0.00544. The molecule has 35 heavy (non-hydrogen) atoms. The van der Waals surface area contributed by atoms with E-state index in [1.54, 1.807) is 36.5 Å². The zero-order chi connectivity index (χ0) is 24.9. The molecule has 8 heteroatoms. The summed E-state index contributed by atoms with van der Waals surface area (Å²) in [7, 11) is 0. The molecule has 0 amide bonds. The zero-order valence-corrected chi connectivity index (χ0v) is 21.3. The van der Waals surface area contributed by atoms with Crippen molar-refractivity contribution in [3.63, 3.8) is 0 Å². The average molecular weight is 538 g/mol. The van der Waals surface area contributed by atoms with Crippen LogP contribution in [0.25, 0.3) is 10.9 Å². The Morgan fingerprint density at radius 1 is 1.06 bits per heavy atom. The third-order valence-electron chi connectivity index (χ3n) is 5.25. The van der Waals surface area contributed by atoms with Crippen molar-refractivity contribution >= 4 is 33.0 Å². The minimum atomic E-state index is -0.290. The van der Waals surface area contributed by atoms with Gasteiger partial charge in [-0.15, -0.1) is 0 Å². The first-order chi connectivity index (χ1) is 16.9. The normalized spacial score (nSPS) is 11.5. The molecule has 4 aromatic rings. The van der Waals surface area contributed by atoms with E-state index in [2.05, 4.69) is 26.0 Å². The number of benzene rings is 3. The van der Waals surface area contributed by atoms with Crippen LogP contribution >= 0.6 is 15.9 Å². The number of aromatic nitrogens is 2. The van der Waals surface area contributed by atoms with E-state index in [0.29, 0.717) is 34.8 Å². The highest BCUT2D eigenvalue weighted by Gasteiger charge is 2.14. The maximum absolute atomic E-state index is 13.2. The van der Waals surface area contributed by atoms with Crippen molar-refractivity contribution in [3.8, 4) is 11.5 Å². The van der Waals surface area contributed by atoms with Gasteiger partial charge in [-0.3, -0.25) is 4.79 Å². The van der Waals surface area contributed by atoms with Crippen molar-refractivity contribution in [2.45, 2.75) is 33.3 Å². The summed E-state index contributed by atoms with van der Waals surface area (Å²) in [6, 6.07) is 17.0. The van der Waals surface area contributed by atoms with E-state index < -0.39 is 0 Å². The van der Waals surface area contributed by atoms with Crippen LogP contribution < -0.4 is 15.0 Å². The average Bonchev–Trinajstić information content (AvgIpc) is 2.84. The van der Waals surface area contributed by atoms with Crippen LogP contribution in [0.2, 0.25) is 0 Å². The molecule has 0 atom stereocenters. The Morgan fingerprint density at radius 2 is 1.83 bits per heavy atom. The molecule has 0 aliphatic rings. The lowest BCUT2D eigenvalue weighted by Crippen LogP contribution is -2.23. The van der Waals surface area contributed by atoms with Gasteiger partial charge in [-0.05, 0) is 66.6 Å². The van der Waals surface area contributed by atoms with Crippen molar-refractivity contribution in [2.24, 2.45) is 5.10 Å². The van der Waals surface area contributed by atoms with Gasteiger partial charge in [0.05, 0.1) is 23.7 Å². The Morgan fingerprint density at radius 3 is 2.54 bits per heavy atom. The van der Waals surface area contributed by atoms with Crippen LogP contribution in [0.15, 0.2) is 75.0 Å². The molecule has 0 saturated heterocycles. The van der Waals surface area contributed by atoms with Gasteiger partial charge in [0.25, 0.3) is 5.56 Å². The Hall–Kier alpha value is -3.52. The van der Waals surface area contributed by atoms with Crippen LogP contribution in [0.5, 0.6) is 11.5 Å². The molecule has 0 N–H and O–H groups in total. The molecule has 6 nitrogen and oxygen atoms in total. The Kier molecular flexibility index (Phi) is 7.60. The minimum Gasteiger partial charge on any atom is -0.490 e. The van der Waals surface area contributed by atoms with E-state index >= 15 is 0 Å². The summed E-state index contributed by atoms with van der Waals surface area (Å²) in [5.41, 5.74) is 1.98. The molecule has 0 spiro atoms. The van der Waals surface area contributed by atoms with E-state index in [9.17, 15) is 9.18 Å². The van der Waals surface area contributed by atoms with Gasteiger partial charge < -0.3 is 9.47 Å².